The van der Waals surface area contributed by atoms with Crippen molar-refractivity contribution in [3.63, 3.8) is 0 Å². The number of hydrogen-bond donors (Lipinski definition) is 2. The fraction of sp³-hybridized carbons (Fsp3) is 0.286. The summed E-state index contributed by atoms with van der Waals surface area (Å²) < 4.78 is 12.0. The molecule has 0 unspecified atom stereocenters. The van der Waals surface area contributed by atoms with E-state index >= 15 is 0 Å². The predicted octanol–water partition coefficient (Wildman–Crippen LogP) is 2.47. The van der Waals surface area contributed by atoms with Gasteiger partial charge in [-0.05, 0) is 42.7 Å². The van der Waals surface area contributed by atoms with Crippen LogP contribution in [0.4, 0.5) is 5.82 Å². The first-order valence-corrected chi connectivity index (χ1v) is 9.17. The number of nitrogens with zero attached hydrogens (tertiary/aromatic N) is 3. The van der Waals surface area contributed by atoms with Crippen LogP contribution < -0.4 is 20.5 Å². The predicted molar refractivity (Wildman–Crippen MR) is 110 cm³/mol. The number of nitrogens with one attached hydrogen (secondary N) is 1. The Kier molecular flexibility index (Phi) is 6.01. The molecular formula is C21H25N5O3. The number of carbonyl (C=O) groups is 1. The third kappa shape index (κ3) is 4.48. The highest BCUT2D eigenvalue weighted by molar-refractivity contribution is 5.96. The van der Waals surface area contributed by atoms with Gasteiger partial charge in [0.1, 0.15) is 0 Å². The molecule has 0 aliphatic carbocycles. The van der Waals surface area contributed by atoms with Crippen LogP contribution in [0.2, 0.25) is 0 Å². The van der Waals surface area contributed by atoms with Gasteiger partial charge in [0.25, 0.3) is 5.91 Å². The van der Waals surface area contributed by atoms with Crippen LogP contribution in [0.1, 0.15) is 32.7 Å². The third-order valence-corrected chi connectivity index (χ3v) is 4.71. The molecule has 1 heterocycles. The summed E-state index contributed by atoms with van der Waals surface area (Å²) in [6.45, 7) is 4.80. The average Bonchev–Trinajstić information content (AvgIpc) is 3.09. The van der Waals surface area contributed by atoms with Crippen LogP contribution in [0, 0.1) is 13.8 Å². The van der Waals surface area contributed by atoms with Crippen LogP contribution >= 0.6 is 0 Å². The van der Waals surface area contributed by atoms with E-state index in [1.165, 1.54) is 4.68 Å². The quantitative estimate of drug-likeness (QED) is 0.637. The molecule has 3 rings (SSSR count). The second-order valence-electron chi connectivity index (χ2n) is 6.78. The molecule has 152 valence electrons. The van der Waals surface area contributed by atoms with E-state index < -0.39 is 0 Å². The van der Waals surface area contributed by atoms with Crippen molar-refractivity contribution in [3.8, 4) is 11.5 Å². The Hall–Kier alpha value is -3.55. The van der Waals surface area contributed by atoms with Gasteiger partial charge in [-0.15, -0.1) is 5.10 Å². The number of rotatable bonds is 7. The van der Waals surface area contributed by atoms with Crippen LogP contribution in [-0.4, -0.2) is 35.1 Å². The zero-order valence-corrected chi connectivity index (χ0v) is 17.0. The van der Waals surface area contributed by atoms with Crippen molar-refractivity contribution in [1.82, 2.24) is 20.3 Å². The van der Waals surface area contributed by atoms with Gasteiger partial charge in [0.05, 0.1) is 20.8 Å². The number of nitrogens with two attached hydrogens (primary N) is 1. The summed E-state index contributed by atoms with van der Waals surface area (Å²) in [7, 11) is 3.14. The Balaban J connectivity index is 1.70. The molecule has 0 spiro atoms. The second kappa shape index (κ2) is 8.64. The first-order valence-electron chi connectivity index (χ1n) is 9.17. The van der Waals surface area contributed by atoms with Crippen molar-refractivity contribution in [2.45, 2.75) is 26.9 Å². The summed E-state index contributed by atoms with van der Waals surface area (Å²) in [6, 6.07) is 11.6. The molecule has 8 heteroatoms. The average molecular weight is 395 g/mol. The Morgan fingerprint density at radius 2 is 1.86 bits per heavy atom. The number of methoxy groups -OCH3 is 2. The molecular weight excluding hydrogens is 370 g/mol. The van der Waals surface area contributed by atoms with Gasteiger partial charge in [-0.3, -0.25) is 4.79 Å². The van der Waals surface area contributed by atoms with E-state index in [2.05, 4.69) is 33.8 Å². The summed E-state index contributed by atoms with van der Waals surface area (Å²) in [5, 5.41) is 10.8. The number of ether oxygens (including phenoxy) is 2. The van der Waals surface area contributed by atoms with Gasteiger partial charge in [-0.25, -0.2) is 4.68 Å². The molecule has 0 saturated heterocycles. The van der Waals surface area contributed by atoms with Gasteiger partial charge in [-0.1, -0.05) is 35.0 Å². The first kappa shape index (κ1) is 20.2. The van der Waals surface area contributed by atoms with E-state index in [0.717, 1.165) is 22.3 Å². The number of benzene rings is 2. The van der Waals surface area contributed by atoms with E-state index in [0.29, 0.717) is 24.6 Å². The molecule has 3 aromatic rings. The Morgan fingerprint density at radius 3 is 2.59 bits per heavy atom. The maximum Gasteiger partial charge on any atom is 0.275 e. The molecule has 0 atom stereocenters. The van der Waals surface area contributed by atoms with Gasteiger partial charge >= 0.3 is 0 Å². The van der Waals surface area contributed by atoms with E-state index in [9.17, 15) is 4.79 Å². The molecule has 1 amide bonds. The van der Waals surface area contributed by atoms with Gasteiger partial charge in [0.15, 0.2) is 23.0 Å². The lowest BCUT2D eigenvalue weighted by Crippen LogP contribution is -2.24. The Labute approximate surface area is 169 Å². The minimum absolute atomic E-state index is 0.107. The number of carbonyl (C=O) groups excluding carboxylic acids is 1. The molecule has 0 saturated carbocycles. The molecule has 8 nitrogen and oxygen atoms in total. The molecule has 3 N–H and O–H groups in total. The molecule has 0 aliphatic rings. The van der Waals surface area contributed by atoms with Crippen LogP contribution in [-0.2, 0) is 13.1 Å². The van der Waals surface area contributed by atoms with Crippen molar-refractivity contribution in [3.05, 3.63) is 64.3 Å². The standard InChI is InChI=1S/C21H25N5O3/c1-13-5-6-14(2)16(9-13)12-26-20(22)19(24-25-26)21(27)23-11-15-7-8-17(28-3)18(10-15)29-4/h5-10H,11-12,22H2,1-4H3,(H,23,27). The van der Waals surface area contributed by atoms with Crippen LogP contribution in [0.3, 0.4) is 0 Å². The lowest BCUT2D eigenvalue weighted by atomic mass is 10.1. The van der Waals surface area contributed by atoms with Crippen molar-refractivity contribution in [2.75, 3.05) is 20.0 Å². The Morgan fingerprint density at radius 1 is 1.10 bits per heavy atom. The minimum atomic E-state index is -0.385. The summed E-state index contributed by atoms with van der Waals surface area (Å²) in [5.41, 5.74) is 10.5. The minimum Gasteiger partial charge on any atom is -0.493 e. The van der Waals surface area contributed by atoms with E-state index in [1.807, 2.05) is 19.9 Å². The summed E-state index contributed by atoms with van der Waals surface area (Å²) in [5.74, 6) is 1.07. The highest BCUT2D eigenvalue weighted by Crippen LogP contribution is 2.27. The lowest BCUT2D eigenvalue weighted by Gasteiger charge is -2.10. The fourth-order valence-electron chi connectivity index (χ4n) is 2.99. The molecule has 0 radical (unpaired) electrons. The van der Waals surface area contributed by atoms with Crippen molar-refractivity contribution < 1.29 is 14.3 Å². The van der Waals surface area contributed by atoms with Crippen LogP contribution in [0.15, 0.2) is 36.4 Å². The molecule has 0 bridgehead atoms. The number of anilines is 1. The number of aromatic nitrogens is 3. The fourth-order valence-corrected chi connectivity index (χ4v) is 2.99. The molecule has 29 heavy (non-hydrogen) atoms. The molecule has 1 aromatic heterocycles. The molecule has 0 aliphatic heterocycles. The number of amides is 1. The monoisotopic (exact) mass is 395 g/mol. The largest absolute Gasteiger partial charge is 0.493 e. The highest BCUT2D eigenvalue weighted by atomic mass is 16.5. The topological polar surface area (TPSA) is 104 Å². The highest BCUT2D eigenvalue weighted by Gasteiger charge is 2.18. The third-order valence-electron chi connectivity index (χ3n) is 4.71. The normalized spacial score (nSPS) is 10.6. The van der Waals surface area contributed by atoms with E-state index in [1.54, 1.807) is 26.4 Å². The molecule has 2 aromatic carbocycles. The van der Waals surface area contributed by atoms with Crippen LogP contribution in [0.25, 0.3) is 0 Å². The van der Waals surface area contributed by atoms with Crippen molar-refractivity contribution in [2.24, 2.45) is 0 Å². The molecule has 0 fully saturated rings. The van der Waals surface area contributed by atoms with Gasteiger partial charge < -0.3 is 20.5 Å². The zero-order chi connectivity index (χ0) is 21.0. The maximum absolute atomic E-state index is 12.5. The summed E-state index contributed by atoms with van der Waals surface area (Å²) >= 11 is 0. The smallest absolute Gasteiger partial charge is 0.275 e. The first-order chi connectivity index (χ1) is 13.9. The van der Waals surface area contributed by atoms with Gasteiger partial charge in [-0.2, -0.15) is 0 Å². The van der Waals surface area contributed by atoms with E-state index in [-0.39, 0.29) is 17.4 Å². The lowest BCUT2D eigenvalue weighted by molar-refractivity contribution is 0.0946. The summed E-state index contributed by atoms with van der Waals surface area (Å²) in [4.78, 5) is 12.5. The Bertz CT molecular complexity index is 1030. The van der Waals surface area contributed by atoms with Crippen LogP contribution in [0.5, 0.6) is 11.5 Å². The number of hydrogen-bond acceptors (Lipinski definition) is 6. The van der Waals surface area contributed by atoms with Crippen molar-refractivity contribution in [1.29, 1.82) is 0 Å². The van der Waals surface area contributed by atoms with Gasteiger partial charge in [0, 0.05) is 6.54 Å². The maximum atomic E-state index is 12.5. The zero-order valence-electron chi connectivity index (χ0n) is 17.0. The van der Waals surface area contributed by atoms with E-state index in [4.69, 9.17) is 15.2 Å². The SMILES string of the molecule is COc1ccc(CNC(=O)c2nnn(Cc3cc(C)ccc3C)c2N)cc1OC. The van der Waals surface area contributed by atoms with Crippen molar-refractivity contribution >= 4 is 11.7 Å². The van der Waals surface area contributed by atoms with Gasteiger partial charge in [0.2, 0.25) is 0 Å². The number of aryl methyl sites for hydroxylation is 2. The second-order valence-corrected chi connectivity index (χ2v) is 6.78. The number of nitrogen functional groups attached to an aromatic ring is 1. The summed E-state index contributed by atoms with van der Waals surface area (Å²) in [6.07, 6.45) is 0.